The van der Waals surface area contributed by atoms with Gasteiger partial charge in [0, 0.05) is 42.9 Å². The number of fused-ring (bicyclic) bond motifs is 2. The van der Waals surface area contributed by atoms with Crippen molar-refractivity contribution in [3.8, 4) is 23.4 Å². The zero-order valence-electron chi connectivity index (χ0n) is 46.1. The van der Waals surface area contributed by atoms with E-state index in [-0.39, 0.29) is 102 Å². The standard InChI is InChI=1S/C55H59N5O20.Na/c1-21-12-16-29(57-21)48(67)77-42-38(63)52(79-54(6,7)44(42)71-10)73-31-18-14-26-36(61)34(50(69)75-40(26)24(31)4)59-46(65)28-20-56-33(23(28)3)47(66)60-35-37(62)27-15-19-32(25(5)41(27)76-51(35)70)74-53-39(64)43(45(72-11)55(8,9)80-53)78-49(68)30-17-13-22(2)58-30;/h12-20,38-39,42-45,52-53,56-58,63-64,69-70H,1-11H3,(H,59,65)(H,60,66);/q;+1/t38-,39-,42+,43+,44-,45-,52+,53+;/m1./s1. The number of aliphatic hydroxyl groups excluding tert-OH is 2. The third kappa shape index (κ3) is 11.2. The number of aliphatic hydroxyl groups is 2. The number of aromatic nitrogens is 3. The van der Waals surface area contributed by atoms with Gasteiger partial charge in [0.2, 0.25) is 23.4 Å². The minimum absolute atomic E-state index is 0. The van der Waals surface area contributed by atoms with Crippen LogP contribution in [0.5, 0.6) is 23.4 Å². The molecule has 2 aromatic carbocycles. The molecule has 2 aliphatic heterocycles. The molecule has 25 nitrogen and oxygen atoms in total. The zero-order valence-corrected chi connectivity index (χ0v) is 48.1. The van der Waals surface area contributed by atoms with Gasteiger partial charge in [-0.3, -0.25) is 19.2 Å². The number of esters is 2. The van der Waals surface area contributed by atoms with Gasteiger partial charge in [-0.1, -0.05) is 0 Å². The van der Waals surface area contributed by atoms with Crippen molar-refractivity contribution in [2.45, 2.75) is 123 Å². The van der Waals surface area contributed by atoms with Crippen LogP contribution < -0.4 is 60.5 Å². The van der Waals surface area contributed by atoms with Crippen molar-refractivity contribution in [1.29, 1.82) is 0 Å². The number of aromatic amines is 3. The van der Waals surface area contributed by atoms with Crippen LogP contribution in [0.4, 0.5) is 11.4 Å². The van der Waals surface area contributed by atoms with Crippen molar-refractivity contribution < 1.29 is 116 Å². The number of methoxy groups -OCH3 is 2. The Bertz CT molecular complexity index is 3490. The molecule has 2 saturated heterocycles. The number of ether oxygens (including phenoxy) is 8. The summed E-state index contributed by atoms with van der Waals surface area (Å²) in [5.41, 5.74) is -3.98. The second-order valence-electron chi connectivity index (χ2n) is 20.5. The van der Waals surface area contributed by atoms with E-state index < -0.39 is 118 Å². The predicted molar refractivity (Wildman–Crippen MR) is 281 cm³/mol. The molecule has 424 valence electrons. The fourth-order valence-electron chi connectivity index (χ4n) is 10.0. The van der Waals surface area contributed by atoms with Gasteiger partial charge in [0.25, 0.3) is 11.8 Å². The summed E-state index contributed by atoms with van der Waals surface area (Å²) in [5, 5.41) is 49.5. The van der Waals surface area contributed by atoms with Gasteiger partial charge in [0.05, 0.1) is 27.5 Å². The number of hydrogen-bond donors (Lipinski definition) is 9. The van der Waals surface area contributed by atoms with Gasteiger partial charge in [-0.2, -0.15) is 0 Å². The molecule has 0 saturated carbocycles. The molecule has 0 radical (unpaired) electrons. The molecule has 0 unspecified atom stereocenters. The topological polar surface area (TPSA) is 355 Å². The number of aryl methyl sites for hydroxylation is 4. The molecule has 9 rings (SSSR count). The molecule has 26 heteroatoms. The Morgan fingerprint density at radius 1 is 0.593 bits per heavy atom. The van der Waals surface area contributed by atoms with E-state index in [4.69, 9.17) is 46.7 Å². The Morgan fingerprint density at radius 2 is 1.00 bits per heavy atom. The number of rotatable bonds is 14. The molecule has 0 bridgehead atoms. The SMILES string of the molecule is CO[C@@H]1[C@@H](OC(=O)c2ccc(C)[nH]2)[C@@H](O)[C@@H](Oc2ccc3c(=O)c(NC(=O)c4c[nH]c(C(=O)Nc5c(O)oc6c(C)c(O[C@H]7OC(C)(C)[C@H](OC)[C@@H](OC(=O)c8ccc(C)[nH]8)[C@H]7O)ccc6c5=O)c4C)c(O)oc3c2C)OC1(C)C.[Na+]. The molecule has 5 aromatic heterocycles. The van der Waals surface area contributed by atoms with Crippen LogP contribution in [0.15, 0.2) is 73.2 Å². The van der Waals surface area contributed by atoms with Gasteiger partial charge in [0.15, 0.2) is 35.8 Å². The summed E-state index contributed by atoms with van der Waals surface area (Å²) in [5.74, 6) is -5.33. The summed E-state index contributed by atoms with van der Waals surface area (Å²) < 4.78 is 58.5. The van der Waals surface area contributed by atoms with Crippen molar-refractivity contribution >= 4 is 57.1 Å². The quantitative estimate of drug-likeness (QED) is 0.0558. The van der Waals surface area contributed by atoms with E-state index in [9.17, 15) is 49.2 Å². The second kappa shape index (κ2) is 22.8. The first-order chi connectivity index (χ1) is 37.7. The number of benzene rings is 2. The molecule has 9 N–H and O–H groups in total. The molecular formula is C55H59N5NaO20+. The molecule has 2 fully saturated rings. The van der Waals surface area contributed by atoms with Gasteiger partial charge in [-0.15, -0.1) is 0 Å². The van der Waals surface area contributed by atoms with Crippen molar-refractivity contribution in [2.75, 3.05) is 24.9 Å². The van der Waals surface area contributed by atoms with E-state index in [2.05, 4.69) is 25.6 Å². The fraction of sp³-hybridized carbons (Fsp3) is 0.382. The van der Waals surface area contributed by atoms with E-state index in [0.717, 1.165) is 6.20 Å². The minimum Gasteiger partial charge on any atom is -0.479 e. The molecule has 81 heavy (non-hydrogen) atoms. The molecule has 0 spiro atoms. The summed E-state index contributed by atoms with van der Waals surface area (Å²) >= 11 is 0. The predicted octanol–water partition coefficient (Wildman–Crippen LogP) is 2.58. The van der Waals surface area contributed by atoms with Crippen LogP contribution >= 0.6 is 0 Å². The Balaban J connectivity index is 0.00000860. The third-order valence-electron chi connectivity index (χ3n) is 14.2. The van der Waals surface area contributed by atoms with E-state index in [1.807, 2.05) is 0 Å². The molecule has 2 aliphatic rings. The van der Waals surface area contributed by atoms with Crippen LogP contribution in [0.3, 0.4) is 0 Å². The Morgan fingerprint density at radius 3 is 1.38 bits per heavy atom. The average Bonchev–Trinajstić information content (AvgIpc) is 4.18. The number of amides is 2. The number of anilines is 2. The molecule has 0 aliphatic carbocycles. The van der Waals surface area contributed by atoms with Crippen LogP contribution in [-0.4, -0.2) is 134 Å². The number of carbonyl (C=O) groups excluding carboxylic acids is 4. The first-order valence-corrected chi connectivity index (χ1v) is 25.0. The van der Waals surface area contributed by atoms with Gasteiger partial charge in [-0.05, 0) is 116 Å². The molecular weight excluding hydrogens is 1070 g/mol. The molecule has 2 amide bonds. The first-order valence-electron chi connectivity index (χ1n) is 25.0. The summed E-state index contributed by atoms with van der Waals surface area (Å²) in [7, 11) is 2.76. The largest absolute Gasteiger partial charge is 1.00 e. The average molecular weight is 1130 g/mol. The van der Waals surface area contributed by atoms with Crippen LogP contribution in [0.1, 0.15) is 97.6 Å². The number of carbonyl (C=O) groups is 4. The summed E-state index contributed by atoms with van der Waals surface area (Å²) in [6.45, 7) is 14.6. The minimum atomic E-state index is -1.59. The van der Waals surface area contributed by atoms with Crippen LogP contribution in [-0.2, 0) is 28.4 Å². The summed E-state index contributed by atoms with van der Waals surface area (Å²) in [4.78, 5) is 89.8. The van der Waals surface area contributed by atoms with E-state index in [1.54, 1.807) is 53.7 Å². The smallest absolute Gasteiger partial charge is 0.479 e. The Hall–Kier alpha value is -7.46. The Kier molecular flexibility index (Phi) is 16.8. The van der Waals surface area contributed by atoms with Crippen molar-refractivity contribution in [1.82, 2.24) is 15.0 Å². The molecule has 8 atom stereocenters. The second-order valence-corrected chi connectivity index (χ2v) is 20.5. The normalized spacial score (nSPS) is 22.1. The summed E-state index contributed by atoms with van der Waals surface area (Å²) in [6.07, 6.45) is -9.34. The van der Waals surface area contributed by atoms with Crippen LogP contribution in [0.25, 0.3) is 21.9 Å². The van der Waals surface area contributed by atoms with Crippen LogP contribution in [0.2, 0.25) is 0 Å². The number of nitrogens with one attached hydrogen (secondary N) is 5. The van der Waals surface area contributed by atoms with Crippen molar-refractivity contribution in [2.24, 2.45) is 0 Å². The van der Waals surface area contributed by atoms with E-state index in [0.29, 0.717) is 11.4 Å². The van der Waals surface area contributed by atoms with Gasteiger partial charge < -0.3 is 92.7 Å². The maximum atomic E-state index is 13.9. The van der Waals surface area contributed by atoms with E-state index in [1.165, 1.54) is 71.4 Å². The van der Waals surface area contributed by atoms with Gasteiger partial charge in [-0.25, -0.2) is 9.59 Å². The summed E-state index contributed by atoms with van der Waals surface area (Å²) in [6, 6.07) is 11.8. The van der Waals surface area contributed by atoms with E-state index >= 15 is 0 Å². The Labute approximate surface area is 482 Å². The van der Waals surface area contributed by atoms with Crippen molar-refractivity contribution in [3.05, 3.63) is 126 Å². The van der Waals surface area contributed by atoms with Crippen molar-refractivity contribution in [3.63, 3.8) is 0 Å². The maximum absolute atomic E-state index is 13.9. The first kappa shape index (κ1) is 59.7. The number of aromatic hydroxyl groups is 2. The number of hydrogen-bond acceptors (Lipinski definition) is 20. The van der Waals surface area contributed by atoms with Gasteiger partial charge >= 0.3 is 53.4 Å². The fourth-order valence-corrected chi connectivity index (χ4v) is 10.0. The maximum Gasteiger partial charge on any atom is 1.00 e. The van der Waals surface area contributed by atoms with Crippen LogP contribution in [0, 0.1) is 34.6 Å². The monoisotopic (exact) mass is 1130 g/mol. The van der Waals surface area contributed by atoms with Gasteiger partial charge in [0.1, 0.15) is 52.0 Å². The third-order valence-corrected chi connectivity index (χ3v) is 14.2. The number of H-pyrrole nitrogens is 3. The zero-order chi connectivity index (χ0) is 58.0. The molecule has 7 aromatic rings. The molecule has 7 heterocycles.